The Balaban J connectivity index is 2.22. The number of hydrogen-bond acceptors (Lipinski definition) is 5. The zero-order valence-electron chi connectivity index (χ0n) is 13.0. The second-order valence-electron chi connectivity index (χ2n) is 5.29. The summed E-state index contributed by atoms with van der Waals surface area (Å²) in [6.07, 6.45) is 1.66. The maximum absolute atomic E-state index is 12.8. The monoisotopic (exact) mass is 337 g/mol. The van der Waals surface area contributed by atoms with Gasteiger partial charge in [-0.3, -0.25) is 14.5 Å². The number of nitrogens with zero attached hydrogens (tertiary/aromatic N) is 3. The molecule has 0 saturated heterocycles. The van der Waals surface area contributed by atoms with E-state index in [-0.39, 0.29) is 17.7 Å². The van der Waals surface area contributed by atoms with Crippen molar-refractivity contribution in [1.29, 1.82) is 0 Å². The molecule has 0 aliphatic carbocycles. The van der Waals surface area contributed by atoms with Crippen LogP contribution in [0.5, 0.6) is 0 Å². The Bertz CT molecular complexity index is 623. The molecule has 0 saturated carbocycles. The van der Waals surface area contributed by atoms with E-state index in [9.17, 15) is 9.59 Å². The highest BCUT2D eigenvalue weighted by Gasteiger charge is 2.33. The van der Waals surface area contributed by atoms with Crippen molar-refractivity contribution in [2.45, 2.75) is 19.9 Å². The molecule has 0 aliphatic rings. The predicted octanol–water partition coefficient (Wildman–Crippen LogP) is 2.96. The summed E-state index contributed by atoms with van der Waals surface area (Å²) in [5.41, 5.74) is 0. The first-order valence-electron chi connectivity index (χ1n) is 6.91. The van der Waals surface area contributed by atoms with E-state index in [4.69, 9.17) is 0 Å². The topological polar surface area (TPSA) is 53.5 Å². The average Bonchev–Trinajstić information content (AvgIpc) is 3.17. The number of thiophene rings is 1. The molecule has 0 aromatic carbocycles. The number of carbonyl (C=O) groups excluding carboxylic acids is 2. The molecule has 1 unspecified atom stereocenters. The summed E-state index contributed by atoms with van der Waals surface area (Å²) in [6.45, 7) is 3.88. The maximum atomic E-state index is 12.8. The average molecular weight is 337 g/mol. The third kappa shape index (κ3) is 3.36. The van der Waals surface area contributed by atoms with Crippen molar-refractivity contribution in [2.75, 3.05) is 19.0 Å². The van der Waals surface area contributed by atoms with Gasteiger partial charge in [-0.05, 0) is 17.4 Å². The zero-order chi connectivity index (χ0) is 16.3. The third-order valence-corrected chi connectivity index (χ3v) is 5.10. The van der Waals surface area contributed by atoms with Crippen molar-refractivity contribution in [1.82, 2.24) is 9.88 Å². The van der Waals surface area contributed by atoms with Crippen LogP contribution < -0.4 is 4.90 Å². The molecule has 2 rings (SSSR count). The van der Waals surface area contributed by atoms with E-state index in [1.807, 2.05) is 30.7 Å². The van der Waals surface area contributed by atoms with E-state index in [0.29, 0.717) is 10.0 Å². The quantitative estimate of drug-likeness (QED) is 0.843. The standard InChI is InChI=1S/C15H19N3O2S2/c1-10(2)12(14(20)18(4)15-16-7-9-22-15)17(3)13(19)11-6-5-8-21-11/h5-10,12H,1-4H3. The van der Waals surface area contributed by atoms with Gasteiger partial charge in [-0.2, -0.15) is 0 Å². The Labute approximate surface area is 138 Å². The summed E-state index contributed by atoms with van der Waals surface area (Å²) in [5.74, 6) is -0.254. The molecule has 0 N–H and O–H groups in total. The summed E-state index contributed by atoms with van der Waals surface area (Å²) < 4.78 is 0. The van der Waals surface area contributed by atoms with Crippen LogP contribution in [0.4, 0.5) is 5.13 Å². The lowest BCUT2D eigenvalue weighted by molar-refractivity contribution is -0.123. The molecule has 2 heterocycles. The highest BCUT2D eigenvalue weighted by atomic mass is 32.1. The normalized spacial score (nSPS) is 12.2. The molecule has 2 aromatic rings. The summed E-state index contributed by atoms with van der Waals surface area (Å²) in [6, 6.07) is 3.08. The number of likely N-dealkylation sites (N-methyl/N-ethyl adjacent to an activating group) is 2. The summed E-state index contributed by atoms with van der Waals surface area (Å²) in [7, 11) is 3.38. The fourth-order valence-electron chi connectivity index (χ4n) is 2.27. The van der Waals surface area contributed by atoms with Gasteiger partial charge in [0, 0.05) is 25.7 Å². The minimum atomic E-state index is -0.525. The van der Waals surface area contributed by atoms with Crippen molar-refractivity contribution in [3.63, 3.8) is 0 Å². The lowest BCUT2D eigenvalue weighted by Gasteiger charge is -2.32. The molecule has 22 heavy (non-hydrogen) atoms. The molecule has 0 fully saturated rings. The lowest BCUT2D eigenvalue weighted by atomic mass is 10.0. The number of thiazole rings is 1. The van der Waals surface area contributed by atoms with Gasteiger partial charge in [0.15, 0.2) is 5.13 Å². The predicted molar refractivity (Wildman–Crippen MR) is 90.6 cm³/mol. The number of carbonyl (C=O) groups is 2. The van der Waals surface area contributed by atoms with Crippen molar-refractivity contribution < 1.29 is 9.59 Å². The molecule has 0 bridgehead atoms. The van der Waals surface area contributed by atoms with E-state index in [1.165, 1.54) is 32.5 Å². The molecule has 1 atom stereocenters. The third-order valence-electron chi connectivity index (χ3n) is 3.39. The summed E-state index contributed by atoms with van der Waals surface area (Å²) >= 11 is 2.78. The van der Waals surface area contributed by atoms with Crippen molar-refractivity contribution in [3.8, 4) is 0 Å². The number of aromatic nitrogens is 1. The highest BCUT2D eigenvalue weighted by molar-refractivity contribution is 7.13. The first-order chi connectivity index (χ1) is 10.4. The minimum absolute atomic E-state index is 0.00354. The van der Waals surface area contributed by atoms with Gasteiger partial charge >= 0.3 is 0 Å². The van der Waals surface area contributed by atoms with Crippen LogP contribution in [0.3, 0.4) is 0 Å². The Hall–Kier alpha value is -1.73. The SMILES string of the molecule is CC(C)C(C(=O)N(C)c1nccs1)N(C)C(=O)c1cccs1. The van der Waals surface area contributed by atoms with Gasteiger partial charge < -0.3 is 4.90 Å². The van der Waals surface area contributed by atoms with E-state index >= 15 is 0 Å². The van der Waals surface area contributed by atoms with Gasteiger partial charge in [0.25, 0.3) is 11.8 Å². The van der Waals surface area contributed by atoms with Crippen LogP contribution in [-0.4, -0.2) is 41.8 Å². The molecule has 5 nitrogen and oxygen atoms in total. The molecule has 0 radical (unpaired) electrons. The van der Waals surface area contributed by atoms with Crippen LogP contribution in [0.1, 0.15) is 23.5 Å². The largest absolute Gasteiger partial charge is 0.329 e. The van der Waals surface area contributed by atoms with Crippen molar-refractivity contribution in [2.24, 2.45) is 5.92 Å². The summed E-state index contributed by atoms with van der Waals surface area (Å²) in [5, 5.41) is 4.31. The number of anilines is 1. The molecule has 118 valence electrons. The Kier molecular flexibility index (Phi) is 5.31. The first kappa shape index (κ1) is 16.6. The van der Waals surface area contributed by atoms with E-state index in [1.54, 1.807) is 26.4 Å². The second kappa shape index (κ2) is 7.02. The van der Waals surface area contributed by atoms with Crippen LogP contribution in [0.15, 0.2) is 29.1 Å². The van der Waals surface area contributed by atoms with Gasteiger partial charge in [-0.15, -0.1) is 22.7 Å². The fraction of sp³-hybridized carbons (Fsp3) is 0.400. The van der Waals surface area contributed by atoms with Gasteiger partial charge in [0.1, 0.15) is 6.04 Å². The zero-order valence-corrected chi connectivity index (χ0v) is 14.6. The van der Waals surface area contributed by atoms with Gasteiger partial charge in [-0.25, -0.2) is 4.98 Å². The van der Waals surface area contributed by atoms with Crippen LogP contribution in [0.25, 0.3) is 0 Å². The van der Waals surface area contributed by atoms with Crippen LogP contribution in [-0.2, 0) is 4.79 Å². The van der Waals surface area contributed by atoms with Gasteiger partial charge in [0.05, 0.1) is 4.88 Å². The number of rotatable bonds is 5. The van der Waals surface area contributed by atoms with E-state index < -0.39 is 6.04 Å². The van der Waals surface area contributed by atoms with Gasteiger partial charge in [0.2, 0.25) is 0 Å². The smallest absolute Gasteiger partial charge is 0.264 e. The Morgan fingerprint density at radius 2 is 1.91 bits per heavy atom. The molecular formula is C15H19N3O2S2. The molecule has 0 aliphatic heterocycles. The number of hydrogen-bond donors (Lipinski definition) is 0. The van der Waals surface area contributed by atoms with E-state index in [0.717, 1.165) is 0 Å². The molecular weight excluding hydrogens is 318 g/mol. The maximum Gasteiger partial charge on any atom is 0.264 e. The second-order valence-corrected chi connectivity index (χ2v) is 7.11. The van der Waals surface area contributed by atoms with Crippen molar-refractivity contribution in [3.05, 3.63) is 34.0 Å². The summed E-state index contributed by atoms with van der Waals surface area (Å²) in [4.78, 5) is 33.2. The molecule has 2 aromatic heterocycles. The van der Waals surface area contributed by atoms with Gasteiger partial charge in [-0.1, -0.05) is 19.9 Å². The van der Waals surface area contributed by atoms with Crippen molar-refractivity contribution >= 4 is 39.6 Å². The first-order valence-corrected chi connectivity index (χ1v) is 8.67. The molecule has 2 amide bonds. The van der Waals surface area contributed by atoms with Crippen LogP contribution >= 0.6 is 22.7 Å². The lowest BCUT2D eigenvalue weighted by Crippen LogP contribution is -2.51. The fourth-order valence-corrected chi connectivity index (χ4v) is 3.59. The van der Waals surface area contributed by atoms with E-state index in [2.05, 4.69) is 4.98 Å². The van der Waals surface area contributed by atoms with Crippen LogP contribution in [0.2, 0.25) is 0 Å². The molecule has 0 spiro atoms. The minimum Gasteiger partial charge on any atom is -0.329 e. The Morgan fingerprint density at radius 3 is 2.41 bits per heavy atom. The molecule has 7 heteroatoms. The Morgan fingerprint density at radius 1 is 1.18 bits per heavy atom. The number of amides is 2. The highest BCUT2D eigenvalue weighted by Crippen LogP contribution is 2.22. The van der Waals surface area contributed by atoms with Crippen LogP contribution in [0, 0.1) is 5.92 Å².